The molecule has 1 heterocycles. The highest BCUT2D eigenvalue weighted by atomic mass is 32.2. The Hall–Kier alpha value is -1.51. The highest BCUT2D eigenvalue weighted by Crippen LogP contribution is 2.35. The van der Waals surface area contributed by atoms with Gasteiger partial charge in [0.15, 0.2) is 0 Å². The SMILES string of the molecule is N#CCSc1ccccc1NC(=O)CN1CCC[C@@H]2CCCC[C@@H]21. The smallest absolute Gasteiger partial charge is 0.238 e. The molecule has 0 spiro atoms. The quantitative estimate of drug-likeness (QED) is 0.824. The molecule has 5 heteroatoms. The van der Waals surface area contributed by atoms with Crippen LogP contribution in [0.5, 0.6) is 0 Å². The minimum atomic E-state index is 0.0613. The zero-order valence-corrected chi connectivity index (χ0v) is 14.9. The van der Waals surface area contributed by atoms with Crippen molar-refractivity contribution in [3.8, 4) is 6.07 Å². The summed E-state index contributed by atoms with van der Waals surface area (Å²) in [6.07, 6.45) is 7.76. The monoisotopic (exact) mass is 343 g/mol. The minimum absolute atomic E-state index is 0.0613. The third-order valence-electron chi connectivity index (χ3n) is 5.16. The van der Waals surface area contributed by atoms with E-state index < -0.39 is 0 Å². The predicted octanol–water partition coefficient (Wildman–Crippen LogP) is 3.90. The Labute approximate surface area is 148 Å². The van der Waals surface area contributed by atoms with Crippen molar-refractivity contribution in [2.24, 2.45) is 5.92 Å². The van der Waals surface area contributed by atoms with Crippen molar-refractivity contribution in [2.75, 3.05) is 24.2 Å². The number of rotatable bonds is 5. The highest BCUT2D eigenvalue weighted by molar-refractivity contribution is 7.99. The number of benzene rings is 1. The summed E-state index contributed by atoms with van der Waals surface area (Å²) in [7, 11) is 0. The maximum Gasteiger partial charge on any atom is 0.238 e. The van der Waals surface area contributed by atoms with Gasteiger partial charge >= 0.3 is 0 Å². The highest BCUT2D eigenvalue weighted by Gasteiger charge is 2.33. The normalized spacial score (nSPS) is 24.0. The van der Waals surface area contributed by atoms with E-state index in [0.29, 0.717) is 18.3 Å². The molecule has 0 aromatic heterocycles. The predicted molar refractivity (Wildman–Crippen MR) is 98.0 cm³/mol. The summed E-state index contributed by atoms with van der Waals surface area (Å²) in [6, 6.07) is 10.5. The molecule has 0 radical (unpaired) electrons. The van der Waals surface area contributed by atoms with E-state index in [1.807, 2.05) is 24.3 Å². The van der Waals surface area contributed by atoms with Crippen molar-refractivity contribution in [3.63, 3.8) is 0 Å². The van der Waals surface area contributed by atoms with E-state index in [0.717, 1.165) is 23.0 Å². The van der Waals surface area contributed by atoms with Gasteiger partial charge in [-0.25, -0.2) is 0 Å². The van der Waals surface area contributed by atoms with Crippen LogP contribution in [-0.2, 0) is 4.79 Å². The average molecular weight is 343 g/mol. The Morgan fingerprint density at radius 3 is 2.92 bits per heavy atom. The van der Waals surface area contributed by atoms with Gasteiger partial charge in [-0.1, -0.05) is 25.0 Å². The number of amides is 1. The molecule has 1 aliphatic carbocycles. The number of anilines is 1. The van der Waals surface area contributed by atoms with Crippen LogP contribution in [0.4, 0.5) is 5.69 Å². The summed E-state index contributed by atoms with van der Waals surface area (Å²) in [5.41, 5.74) is 0.819. The van der Waals surface area contributed by atoms with Crippen molar-refractivity contribution < 1.29 is 4.79 Å². The lowest BCUT2D eigenvalue weighted by Crippen LogP contribution is -2.49. The molecule has 0 unspecified atom stereocenters. The van der Waals surface area contributed by atoms with E-state index in [4.69, 9.17) is 5.26 Å². The zero-order chi connectivity index (χ0) is 16.8. The van der Waals surface area contributed by atoms with E-state index in [2.05, 4.69) is 16.3 Å². The Balaban J connectivity index is 1.60. The number of carbonyl (C=O) groups is 1. The van der Waals surface area contributed by atoms with E-state index in [9.17, 15) is 4.79 Å². The number of nitriles is 1. The fourth-order valence-corrected chi connectivity index (χ4v) is 4.77. The van der Waals surface area contributed by atoms with Crippen molar-refractivity contribution in [1.29, 1.82) is 5.26 Å². The van der Waals surface area contributed by atoms with Crippen LogP contribution in [0.3, 0.4) is 0 Å². The molecule has 24 heavy (non-hydrogen) atoms. The third-order valence-corrected chi connectivity index (χ3v) is 6.10. The van der Waals surface area contributed by atoms with E-state index in [1.54, 1.807) is 0 Å². The molecule has 2 fully saturated rings. The van der Waals surface area contributed by atoms with Crippen LogP contribution in [0, 0.1) is 17.2 Å². The number of piperidine rings is 1. The van der Waals surface area contributed by atoms with Gasteiger partial charge in [0.1, 0.15) is 0 Å². The van der Waals surface area contributed by atoms with Gasteiger partial charge in [-0.15, -0.1) is 11.8 Å². The lowest BCUT2D eigenvalue weighted by molar-refractivity contribution is -0.118. The maximum atomic E-state index is 12.6. The van der Waals surface area contributed by atoms with Gasteiger partial charge in [0.2, 0.25) is 5.91 Å². The zero-order valence-electron chi connectivity index (χ0n) is 14.0. The molecule has 128 valence electrons. The molecule has 1 amide bonds. The molecule has 1 saturated heterocycles. The van der Waals surface area contributed by atoms with Crippen LogP contribution in [0.15, 0.2) is 29.2 Å². The molecule has 1 N–H and O–H groups in total. The van der Waals surface area contributed by atoms with E-state index in [1.165, 1.54) is 50.3 Å². The third kappa shape index (κ3) is 4.31. The van der Waals surface area contributed by atoms with Crippen LogP contribution in [-0.4, -0.2) is 35.7 Å². The van der Waals surface area contributed by atoms with Crippen LogP contribution < -0.4 is 5.32 Å². The molecular formula is C19H25N3OS. The van der Waals surface area contributed by atoms with Gasteiger partial charge in [-0.2, -0.15) is 5.26 Å². The van der Waals surface area contributed by atoms with Crippen molar-refractivity contribution in [1.82, 2.24) is 4.90 Å². The largest absolute Gasteiger partial charge is 0.324 e. The lowest BCUT2D eigenvalue weighted by atomic mass is 9.78. The van der Waals surface area contributed by atoms with Crippen LogP contribution in [0.25, 0.3) is 0 Å². The Morgan fingerprint density at radius 2 is 2.04 bits per heavy atom. The summed E-state index contributed by atoms with van der Waals surface area (Å²) in [5.74, 6) is 1.24. The van der Waals surface area contributed by atoms with Crippen molar-refractivity contribution in [2.45, 2.75) is 49.5 Å². The molecule has 2 atom stereocenters. The number of fused-ring (bicyclic) bond motifs is 1. The number of nitrogens with one attached hydrogen (secondary N) is 1. The minimum Gasteiger partial charge on any atom is -0.324 e. The second-order valence-electron chi connectivity index (χ2n) is 6.72. The summed E-state index contributed by atoms with van der Waals surface area (Å²) < 4.78 is 0. The summed E-state index contributed by atoms with van der Waals surface area (Å²) in [4.78, 5) is 15.9. The lowest BCUT2D eigenvalue weighted by Gasteiger charge is -2.43. The van der Waals surface area contributed by atoms with Gasteiger partial charge in [0.25, 0.3) is 0 Å². The Morgan fingerprint density at radius 1 is 1.25 bits per heavy atom. The van der Waals surface area contributed by atoms with Gasteiger partial charge in [-0.05, 0) is 50.3 Å². The first-order valence-electron chi connectivity index (χ1n) is 8.90. The fraction of sp³-hybridized carbons (Fsp3) is 0.579. The van der Waals surface area contributed by atoms with Gasteiger partial charge in [-0.3, -0.25) is 9.69 Å². The number of nitrogens with zero attached hydrogens (tertiary/aromatic N) is 2. The second-order valence-corrected chi connectivity index (χ2v) is 7.73. The van der Waals surface area contributed by atoms with Gasteiger partial charge in [0.05, 0.1) is 24.1 Å². The number of likely N-dealkylation sites (tertiary alicyclic amines) is 1. The maximum absolute atomic E-state index is 12.6. The summed E-state index contributed by atoms with van der Waals surface area (Å²) >= 11 is 1.46. The molecule has 2 aliphatic rings. The number of thioether (sulfide) groups is 1. The first kappa shape index (κ1) is 17.3. The standard InChI is InChI=1S/C19H25N3OS/c20-11-13-24-18-10-4-2-8-16(18)21-19(23)14-22-12-5-7-15-6-1-3-9-17(15)22/h2,4,8,10,15,17H,1,3,5-7,9,12-14H2,(H,21,23)/t15-,17-/m0/s1. The fourth-order valence-electron chi connectivity index (χ4n) is 4.10. The average Bonchev–Trinajstić information content (AvgIpc) is 2.61. The van der Waals surface area contributed by atoms with Crippen LogP contribution in [0.1, 0.15) is 38.5 Å². The van der Waals surface area contributed by atoms with Gasteiger partial charge < -0.3 is 5.32 Å². The van der Waals surface area contributed by atoms with E-state index in [-0.39, 0.29) is 5.91 Å². The van der Waals surface area contributed by atoms with Crippen molar-refractivity contribution >= 4 is 23.4 Å². The Bertz CT molecular complexity index is 611. The van der Waals surface area contributed by atoms with Crippen LogP contribution in [0.2, 0.25) is 0 Å². The molecule has 4 nitrogen and oxygen atoms in total. The first-order valence-corrected chi connectivity index (χ1v) is 9.89. The molecule has 1 aromatic rings. The number of carbonyl (C=O) groups excluding carboxylic acids is 1. The topological polar surface area (TPSA) is 56.1 Å². The van der Waals surface area contributed by atoms with Gasteiger partial charge in [0, 0.05) is 10.9 Å². The van der Waals surface area contributed by atoms with E-state index >= 15 is 0 Å². The number of hydrogen-bond donors (Lipinski definition) is 1. The molecule has 1 aliphatic heterocycles. The molecule has 0 bridgehead atoms. The number of hydrogen-bond acceptors (Lipinski definition) is 4. The van der Waals surface area contributed by atoms with Crippen molar-refractivity contribution in [3.05, 3.63) is 24.3 Å². The number of para-hydroxylation sites is 1. The molecule has 1 aromatic carbocycles. The molecular weight excluding hydrogens is 318 g/mol. The molecule has 1 saturated carbocycles. The Kier molecular flexibility index (Phi) is 6.17. The summed E-state index contributed by atoms with van der Waals surface area (Å²) in [5, 5.41) is 11.8. The van der Waals surface area contributed by atoms with Crippen LogP contribution >= 0.6 is 11.8 Å². The summed E-state index contributed by atoms with van der Waals surface area (Å²) in [6.45, 7) is 1.53. The first-order chi connectivity index (χ1) is 11.8. The molecule has 3 rings (SSSR count). The second kappa shape index (κ2) is 8.55.